The van der Waals surface area contributed by atoms with Gasteiger partial charge >= 0.3 is 53.7 Å². The van der Waals surface area contributed by atoms with Crippen molar-refractivity contribution in [1.29, 1.82) is 0 Å². The number of ether oxygens (including phenoxy) is 14. The van der Waals surface area contributed by atoms with Crippen LogP contribution in [-0.4, -0.2) is 164 Å². The first-order valence-corrected chi connectivity index (χ1v) is 18.4. The first-order chi connectivity index (χ1) is 28.0. The van der Waals surface area contributed by atoms with Crippen LogP contribution in [0, 0.1) is 0 Å². The normalized spacial score (nSPS) is 33.8. The van der Waals surface area contributed by atoms with E-state index in [0.29, 0.717) is 0 Å². The molecule has 1 N–H and O–H groups in total. The number of carbonyl (C=O) groups is 9. The molecule has 3 saturated heterocycles. The summed E-state index contributed by atoms with van der Waals surface area (Å²) in [6, 6.07) is 0. The summed E-state index contributed by atoms with van der Waals surface area (Å²) in [4.78, 5) is 111. The summed E-state index contributed by atoms with van der Waals surface area (Å²) in [6.45, 7) is 9.03. The number of aliphatic hydroxyl groups excluding tert-OH is 1. The number of hydrogen-bond acceptors (Lipinski definition) is 24. The van der Waals surface area contributed by atoms with Crippen LogP contribution in [-0.2, 0) is 109 Å². The molecule has 0 saturated carbocycles. The summed E-state index contributed by atoms with van der Waals surface area (Å²) < 4.78 is 79.0. The molecular formula is C36H50O24. The Morgan fingerprint density at radius 1 is 0.383 bits per heavy atom. The van der Waals surface area contributed by atoms with E-state index in [1.165, 1.54) is 6.92 Å². The lowest BCUT2D eigenvalue weighted by Gasteiger charge is -2.50. The van der Waals surface area contributed by atoms with Crippen molar-refractivity contribution in [2.75, 3.05) is 13.2 Å². The Kier molecular flexibility index (Phi) is 18.1. The van der Waals surface area contributed by atoms with Crippen molar-refractivity contribution >= 4 is 53.7 Å². The third-order valence-electron chi connectivity index (χ3n) is 8.53. The molecule has 3 heterocycles. The molecule has 15 atom stereocenters. The second kappa shape index (κ2) is 22.0. The van der Waals surface area contributed by atoms with Gasteiger partial charge in [-0.25, -0.2) is 0 Å². The molecule has 3 rings (SSSR count). The molecule has 3 fully saturated rings. The fourth-order valence-corrected chi connectivity index (χ4v) is 6.55. The largest absolute Gasteiger partial charge is 0.463 e. The Bertz CT molecular complexity index is 1570. The van der Waals surface area contributed by atoms with Crippen LogP contribution in [0.4, 0.5) is 0 Å². The highest BCUT2D eigenvalue weighted by atomic mass is 16.8. The zero-order valence-electron chi connectivity index (χ0n) is 34.4. The molecule has 15 unspecified atom stereocenters. The summed E-state index contributed by atoms with van der Waals surface area (Å²) >= 11 is 0. The minimum atomic E-state index is -1.99. The van der Waals surface area contributed by atoms with E-state index in [0.717, 1.165) is 62.3 Å². The topological polar surface area (TPSA) is 303 Å². The third kappa shape index (κ3) is 14.0. The molecule has 3 aliphatic heterocycles. The van der Waals surface area contributed by atoms with Crippen molar-refractivity contribution in [3.8, 4) is 0 Å². The lowest BCUT2D eigenvalue weighted by molar-refractivity contribution is -0.379. The van der Waals surface area contributed by atoms with Crippen LogP contribution in [0.3, 0.4) is 0 Å². The number of esters is 9. The number of aliphatic hydroxyl groups is 1. The Hall–Kier alpha value is -5.01. The van der Waals surface area contributed by atoms with Crippen molar-refractivity contribution < 1.29 is 115 Å². The molecule has 3 aliphatic rings. The highest BCUT2D eigenvalue weighted by molar-refractivity contribution is 5.70. The molecule has 60 heavy (non-hydrogen) atoms. The van der Waals surface area contributed by atoms with Gasteiger partial charge in [-0.3, -0.25) is 43.2 Å². The van der Waals surface area contributed by atoms with Gasteiger partial charge in [0.25, 0.3) is 0 Å². The average molecular weight is 867 g/mol. The molecule has 0 aromatic rings. The zero-order valence-corrected chi connectivity index (χ0v) is 34.4. The van der Waals surface area contributed by atoms with Gasteiger partial charge in [-0.15, -0.1) is 0 Å². The molecule has 0 aliphatic carbocycles. The third-order valence-corrected chi connectivity index (χ3v) is 8.53. The molecule has 0 aromatic carbocycles. The van der Waals surface area contributed by atoms with Gasteiger partial charge in [-0.1, -0.05) is 0 Å². The molecule has 0 spiro atoms. The first-order valence-electron chi connectivity index (χ1n) is 18.4. The van der Waals surface area contributed by atoms with Crippen molar-refractivity contribution in [3.05, 3.63) is 0 Å². The van der Waals surface area contributed by atoms with Crippen molar-refractivity contribution in [3.63, 3.8) is 0 Å². The highest BCUT2D eigenvalue weighted by Crippen LogP contribution is 2.38. The Balaban J connectivity index is 2.30. The zero-order chi connectivity index (χ0) is 45.2. The number of carbonyl (C=O) groups excluding carboxylic acids is 9. The van der Waals surface area contributed by atoms with Gasteiger partial charge in [0.05, 0.1) is 6.10 Å². The quantitative estimate of drug-likeness (QED) is 0.146. The number of rotatable bonds is 15. The maximum atomic E-state index is 12.8. The van der Waals surface area contributed by atoms with E-state index in [1.54, 1.807) is 0 Å². The van der Waals surface area contributed by atoms with Crippen molar-refractivity contribution in [1.82, 2.24) is 0 Å². The minimum Gasteiger partial charge on any atom is -0.463 e. The van der Waals surface area contributed by atoms with Crippen LogP contribution < -0.4 is 0 Å². The number of hydrogen-bond donors (Lipinski definition) is 1. The van der Waals surface area contributed by atoms with Crippen molar-refractivity contribution in [2.45, 2.75) is 161 Å². The van der Waals surface area contributed by atoms with Gasteiger partial charge in [0.2, 0.25) is 0 Å². The predicted molar refractivity (Wildman–Crippen MR) is 186 cm³/mol. The summed E-state index contributed by atoms with van der Waals surface area (Å²) in [5, 5.41) is 10.9. The van der Waals surface area contributed by atoms with Crippen LogP contribution in [0.2, 0.25) is 0 Å². The average Bonchev–Trinajstić information content (AvgIpc) is 3.09. The van der Waals surface area contributed by atoms with Gasteiger partial charge in [0.15, 0.2) is 61.6 Å². The van der Waals surface area contributed by atoms with Gasteiger partial charge in [-0.05, 0) is 6.92 Å². The molecule has 24 nitrogen and oxygen atoms in total. The summed E-state index contributed by atoms with van der Waals surface area (Å²) in [7, 11) is 0. The molecular weight excluding hydrogens is 816 g/mol. The smallest absolute Gasteiger partial charge is 0.303 e. The van der Waals surface area contributed by atoms with E-state index in [4.69, 9.17) is 66.3 Å². The van der Waals surface area contributed by atoms with Crippen LogP contribution >= 0.6 is 0 Å². The lowest BCUT2D eigenvalue weighted by Crippen LogP contribution is -2.68. The molecule has 0 aromatic heterocycles. The first kappa shape index (κ1) is 49.4. The monoisotopic (exact) mass is 866 g/mol. The Morgan fingerprint density at radius 2 is 0.683 bits per heavy atom. The molecule has 0 bridgehead atoms. The van der Waals surface area contributed by atoms with Gasteiger partial charge < -0.3 is 71.4 Å². The van der Waals surface area contributed by atoms with Gasteiger partial charge in [0.1, 0.15) is 37.6 Å². The standard InChI is InChI=1S/C36H50O24/c1-13-25(50-16(4)39)28(31(34(46)49-13)54-20(8)43)59-36-33(56-22(10)45)30(27(52-18(6)41)24(58-36)12-48-15(3)38)60-35-32(55-21(9)44)29(53-19(7)42)26(51-17(5)40)23(57-35)11-47-14(2)37/h13,23-36,46H,11-12H2,1-10H3. The second-order valence-corrected chi connectivity index (χ2v) is 13.6. The van der Waals surface area contributed by atoms with E-state index < -0.39 is 159 Å². The van der Waals surface area contributed by atoms with Gasteiger partial charge in [-0.2, -0.15) is 0 Å². The highest BCUT2D eigenvalue weighted by Gasteiger charge is 2.59. The van der Waals surface area contributed by atoms with Crippen molar-refractivity contribution in [2.24, 2.45) is 0 Å². The van der Waals surface area contributed by atoms with Crippen LogP contribution in [0.25, 0.3) is 0 Å². The fraction of sp³-hybridized carbons (Fsp3) is 0.750. The summed E-state index contributed by atoms with van der Waals surface area (Å²) in [5.74, 6) is -8.42. The molecule has 338 valence electrons. The minimum absolute atomic E-state index is 0.674. The molecule has 0 radical (unpaired) electrons. The predicted octanol–water partition coefficient (Wildman–Crippen LogP) is -1.41. The summed E-state index contributed by atoms with van der Waals surface area (Å²) in [5.41, 5.74) is 0. The van der Waals surface area contributed by atoms with E-state index in [2.05, 4.69) is 0 Å². The van der Waals surface area contributed by atoms with E-state index >= 15 is 0 Å². The molecule has 0 amide bonds. The maximum absolute atomic E-state index is 12.8. The van der Waals surface area contributed by atoms with E-state index in [9.17, 15) is 48.3 Å². The Morgan fingerprint density at radius 3 is 1.07 bits per heavy atom. The Labute approximate surface area is 342 Å². The van der Waals surface area contributed by atoms with E-state index in [-0.39, 0.29) is 0 Å². The van der Waals surface area contributed by atoms with Crippen LogP contribution in [0.5, 0.6) is 0 Å². The SMILES string of the molecule is CC(=O)OCC1OC(OC2C(OC(C)=O)C(COC(C)=O)OC(OC3C(OC(C)=O)C(C)OC(O)C3OC(C)=O)C2OC(C)=O)C(OC(C)=O)C(OC(C)=O)C1OC(C)=O. The summed E-state index contributed by atoms with van der Waals surface area (Å²) in [6.07, 6.45) is -25.9. The maximum Gasteiger partial charge on any atom is 0.303 e. The van der Waals surface area contributed by atoms with Crippen LogP contribution in [0.15, 0.2) is 0 Å². The second-order valence-electron chi connectivity index (χ2n) is 13.6. The van der Waals surface area contributed by atoms with E-state index in [1.807, 2.05) is 0 Å². The molecule has 24 heteroatoms. The van der Waals surface area contributed by atoms with Gasteiger partial charge in [0, 0.05) is 62.3 Å². The van der Waals surface area contributed by atoms with Crippen LogP contribution in [0.1, 0.15) is 69.2 Å². The fourth-order valence-electron chi connectivity index (χ4n) is 6.55. The lowest BCUT2D eigenvalue weighted by atomic mass is 9.95.